The van der Waals surface area contributed by atoms with Crippen LogP contribution >= 0.6 is 0 Å². The van der Waals surface area contributed by atoms with Gasteiger partial charge in [0.1, 0.15) is 5.75 Å². The highest BCUT2D eigenvalue weighted by Gasteiger charge is 2.00. The van der Waals surface area contributed by atoms with Crippen molar-refractivity contribution in [3.05, 3.63) is 65.2 Å². The molecule has 0 aliphatic heterocycles. The summed E-state index contributed by atoms with van der Waals surface area (Å²) in [4.78, 5) is 0. The van der Waals surface area contributed by atoms with Gasteiger partial charge in [-0.15, -0.1) is 0 Å². The Labute approximate surface area is 128 Å². The van der Waals surface area contributed by atoms with E-state index in [4.69, 9.17) is 4.74 Å². The maximum absolute atomic E-state index is 5.81. The van der Waals surface area contributed by atoms with E-state index in [9.17, 15) is 0 Å². The molecule has 0 atom stereocenters. The van der Waals surface area contributed by atoms with Crippen LogP contribution in [-0.2, 0) is 13.0 Å². The van der Waals surface area contributed by atoms with Gasteiger partial charge in [0.2, 0.25) is 0 Å². The molecule has 112 valence electrons. The lowest BCUT2D eigenvalue weighted by atomic mass is 10.0. The zero-order chi connectivity index (χ0) is 15.1. The minimum Gasteiger partial charge on any atom is -0.493 e. The standard InChI is InChI=1S/C19H25NO/c1-15(2)18-8-10-19(11-9-18)21-13-12-16-4-6-17(7-5-16)14-20-3/h4-11,15,20H,12-14H2,1-3H3. The first kappa shape index (κ1) is 15.6. The summed E-state index contributed by atoms with van der Waals surface area (Å²) >= 11 is 0. The summed E-state index contributed by atoms with van der Waals surface area (Å²) in [6, 6.07) is 17.1. The minimum absolute atomic E-state index is 0.565. The zero-order valence-corrected chi connectivity index (χ0v) is 13.2. The Morgan fingerprint density at radius 3 is 2.10 bits per heavy atom. The van der Waals surface area contributed by atoms with Crippen molar-refractivity contribution < 1.29 is 4.74 Å². The van der Waals surface area contributed by atoms with Crippen LogP contribution in [0.3, 0.4) is 0 Å². The van der Waals surface area contributed by atoms with E-state index in [2.05, 4.69) is 67.7 Å². The first-order chi connectivity index (χ1) is 10.2. The summed E-state index contributed by atoms with van der Waals surface area (Å²) in [5.74, 6) is 1.52. The molecule has 2 nitrogen and oxygen atoms in total. The van der Waals surface area contributed by atoms with Gasteiger partial charge < -0.3 is 10.1 Å². The molecule has 2 aromatic carbocycles. The number of hydrogen-bond donors (Lipinski definition) is 1. The van der Waals surface area contributed by atoms with Crippen molar-refractivity contribution in [1.82, 2.24) is 5.32 Å². The van der Waals surface area contributed by atoms with Crippen LogP contribution in [0.5, 0.6) is 5.75 Å². The fourth-order valence-electron chi connectivity index (χ4n) is 2.26. The third kappa shape index (κ3) is 4.91. The van der Waals surface area contributed by atoms with Crippen molar-refractivity contribution in [2.24, 2.45) is 0 Å². The summed E-state index contributed by atoms with van der Waals surface area (Å²) < 4.78 is 5.81. The molecule has 0 spiro atoms. The second kappa shape index (κ2) is 7.84. The second-order valence-electron chi connectivity index (χ2n) is 5.67. The van der Waals surface area contributed by atoms with Gasteiger partial charge in [0, 0.05) is 13.0 Å². The molecule has 0 amide bonds. The lowest BCUT2D eigenvalue weighted by molar-refractivity contribution is 0.322. The van der Waals surface area contributed by atoms with Gasteiger partial charge in [-0.3, -0.25) is 0 Å². The molecule has 0 saturated carbocycles. The molecule has 0 heterocycles. The molecule has 2 aromatic rings. The van der Waals surface area contributed by atoms with Crippen LogP contribution in [0, 0.1) is 0 Å². The van der Waals surface area contributed by atoms with Crippen molar-refractivity contribution >= 4 is 0 Å². The molecule has 1 N–H and O–H groups in total. The van der Waals surface area contributed by atoms with Gasteiger partial charge in [0.05, 0.1) is 6.61 Å². The molecule has 2 heteroatoms. The van der Waals surface area contributed by atoms with Crippen molar-refractivity contribution in [3.8, 4) is 5.75 Å². The number of nitrogens with one attached hydrogen (secondary N) is 1. The van der Waals surface area contributed by atoms with E-state index in [0.717, 1.165) is 18.7 Å². The predicted octanol–water partition coefficient (Wildman–Crippen LogP) is 4.15. The molecular formula is C19H25NO. The fraction of sp³-hybridized carbons (Fsp3) is 0.368. The molecule has 0 aromatic heterocycles. The quantitative estimate of drug-likeness (QED) is 0.824. The summed E-state index contributed by atoms with van der Waals surface area (Å²) in [7, 11) is 1.96. The lowest BCUT2D eigenvalue weighted by Crippen LogP contribution is -2.05. The molecule has 0 saturated heterocycles. The summed E-state index contributed by atoms with van der Waals surface area (Å²) in [5.41, 5.74) is 3.97. The van der Waals surface area contributed by atoms with E-state index < -0.39 is 0 Å². The van der Waals surface area contributed by atoms with Gasteiger partial charge in [0.25, 0.3) is 0 Å². The fourth-order valence-corrected chi connectivity index (χ4v) is 2.26. The van der Waals surface area contributed by atoms with Gasteiger partial charge in [0.15, 0.2) is 0 Å². The second-order valence-corrected chi connectivity index (χ2v) is 5.67. The van der Waals surface area contributed by atoms with Gasteiger partial charge in [-0.05, 0) is 41.8 Å². The third-order valence-corrected chi connectivity index (χ3v) is 3.61. The summed E-state index contributed by atoms with van der Waals surface area (Å²) in [6.45, 7) is 6.03. The third-order valence-electron chi connectivity index (χ3n) is 3.61. The van der Waals surface area contributed by atoms with E-state index >= 15 is 0 Å². The lowest BCUT2D eigenvalue weighted by Gasteiger charge is -2.09. The molecular weight excluding hydrogens is 258 g/mol. The van der Waals surface area contributed by atoms with E-state index in [1.807, 2.05) is 7.05 Å². The van der Waals surface area contributed by atoms with Gasteiger partial charge in [-0.25, -0.2) is 0 Å². The van der Waals surface area contributed by atoms with E-state index in [0.29, 0.717) is 12.5 Å². The normalized spacial score (nSPS) is 10.9. The molecule has 2 rings (SSSR count). The Hall–Kier alpha value is -1.80. The Morgan fingerprint density at radius 1 is 0.905 bits per heavy atom. The predicted molar refractivity (Wildman–Crippen MR) is 88.9 cm³/mol. The summed E-state index contributed by atoms with van der Waals surface area (Å²) in [5, 5.41) is 3.16. The van der Waals surface area contributed by atoms with Crippen LogP contribution < -0.4 is 10.1 Å². The van der Waals surface area contributed by atoms with Crippen molar-refractivity contribution in [2.45, 2.75) is 32.7 Å². The Balaban J connectivity index is 1.80. The smallest absolute Gasteiger partial charge is 0.119 e. The highest BCUT2D eigenvalue weighted by Crippen LogP contribution is 2.18. The van der Waals surface area contributed by atoms with Gasteiger partial charge in [-0.2, -0.15) is 0 Å². The van der Waals surface area contributed by atoms with Crippen LogP contribution in [0.2, 0.25) is 0 Å². The number of hydrogen-bond acceptors (Lipinski definition) is 2. The average molecular weight is 283 g/mol. The molecule has 0 aliphatic carbocycles. The Morgan fingerprint density at radius 2 is 1.52 bits per heavy atom. The molecule has 0 fully saturated rings. The Bertz CT molecular complexity index is 528. The highest BCUT2D eigenvalue weighted by atomic mass is 16.5. The van der Waals surface area contributed by atoms with E-state index in [1.54, 1.807) is 0 Å². The maximum atomic E-state index is 5.81. The first-order valence-electron chi connectivity index (χ1n) is 7.64. The van der Waals surface area contributed by atoms with Crippen LogP contribution in [0.15, 0.2) is 48.5 Å². The van der Waals surface area contributed by atoms with Crippen molar-refractivity contribution in [1.29, 1.82) is 0 Å². The largest absolute Gasteiger partial charge is 0.493 e. The zero-order valence-electron chi connectivity index (χ0n) is 13.2. The molecule has 0 unspecified atom stereocenters. The van der Waals surface area contributed by atoms with E-state index in [-0.39, 0.29) is 0 Å². The van der Waals surface area contributed by atoms with Crippen LogP contribution in [0.25, 0.3) is 0 Å². The van der Waals surface area contributed by atoms with Crippen LogP contribution in [0.4, 0.5) is 0 Å². The summed E-state index contributed by atoms with van der Waals surface area (Å²) in [6.07, 6.45) is 0.936. The van der Waals surface area contributed by atoms with Crippen molar-refractivity contribution in [3.63, 3.8) is 0 Å². The van der Waals surface area contributed by atoms with Gasteiger partial charge >= 0.3 is 0 Å². The monoisotopic (exact) mass is 283 g/mol. The maximum Gasteiger partial charge on any atom is 0.119 e. The van der Waals surface area contributed by atoms with Crippen molar-refractivity contribution in [2.75, 3.05) is 13.7 Å². The molecule has 0 bridgehead atoms. The number of benzene rings is 2. The molecule has 0 aliphatic rings. The highest BCUT2D eigenvalue weighted by molar-refractivity contribution is 5.29. The van der Waals surface area contributed by atoms with Crippen LogP contribution in [-0.4, -0.2) is 13.7 Å². The number of ether oxygens (including phenoxy) is 1. The van der Waals surface area contributed by atoms with Crippen LogP contribution in [0.1, 0.15) is 36.5 Å². The molecule has 0 radical (unpaired) electrons. The first-order valence-corrected chi connectivity index (χ1v) is 7.64. The SMILES string of the molecule is CNCc1ccc(CCOc2ccc(C(C)C)cc2)cc1. The van der Waals surface area contributed by atoms with Gasteiger partial charge in [-0.1, -0.05) is 50.2 Å². The average Bonchev–Trinajstić information content (AvgIpc) is 2.50. The number of rotatable bonds is 7. The minimum atomic E-state index is 0.565. The molecule has 21 heavy (non-hydrogen) atoms. The van der Waals surface area contributed by atoms with E-state index in [1.165, 1.54) is 16.7 Å². The topological polar surface area (TPSA) is 21.3 Å². The Kier molecular flexibility index (Phi) is 5.82.